The van der Waals surface area contributed by atoms with E-state index in [-0.39, 0.29) is 11.1 Å². The molecule has 34 heavy (non-hydrogen) atoms. The Kier molecular flexibility index (Phi) is 8.90. The van der Waals surface area contributed by atoms with Gasteiger partial charge < -0.3 is 5.32 Å². The predicted molar refractivity (Wildman–Crippen MR) is 120 cm³/mol. The van der Waals surface area contributed by atoms with Crippen LogP contribution in [0.15, 0.2) is 71.2 Å². The van der Waals surface area contributed by atoms with Gasteiger partial charge in [0.25, 0.3) is 11.1 Å². The molecule has 3 aromatic carbocycles. The fourth-order valence-electron chi connectivity index (χ4n) is 2.53. The molecule has 0 aliphatic carbocycles. The minimum atomic E-state index is -4.47. The van der Waals surface area contributed by atoms with Crippen LogP contribution in [0.3, 0.4) is 0 Å². The van der Waals surface area contributed by atoms with E-state index in [2.05, 4.69) is 21.2 Å². The van der Waals surface area contributed by atoms with Gasteiger partial charge in [0.2, 0.25) is 0 Å². The van der Waals surface area contributed by atoms with Crippen LogP contribution in [-0.2, 0) is 12.4 Å². The van der Waals surface area contributed by atoms with Gasteiger partial charge in [-0.05, 0) is 66.6 Å². The van der Waals surface area contributed by atoms with Crippen LogP contribution in [0.1, 0.15) is 37.4 Å². The van der Waals surface area contributed by atoms with Gasteiger partial charge in [-0.2, -0.15) is 26.3 Å². The second kappa shape index (κ2) is 11.1. The molecule has 1 amide bonds. The summed E-state index contributed by atoms with van der Waals surface area (Å²) in [4.78, 5) is 22.5. The Bertz CT molecular complexity index is 1190. The Hall–Kier alpha value is -2.85. The number of benzene rings is 3. The maximum absolute atomic E-state index is 12.6. The molecule has 0 aromatic heterocycles. The number of amides is 1. The highest BCUT2D eigenvalue weighted by molar-refractivity contribution is 9.10. The first-order valence-corrected chi connectivity index (χ1v) is 10.5. The zero-order chi connectivity index (χ0) is 25.7. The number of carbonyl (C=O) groups is 2. The van der Waals surface area contributed by atoms with Gasteiger partial charge in [0.05, 0.1) is 11.1 Å². The van der Waals surface area contributed by atoms with Gasteiger partial charge in [0, 0.05) is 21.3 Å². The first kappa shape index (κ1) is 27.4. The summed E-state index contributed by atoms with van der Waals surface area (Å²) >= 11 is 8.35. The van der Waals surface area contributed by atoms with Crippen LogP contribution in [0, 0.1) is 6.92 Å². The molecule has 3 aromatic rings. The zero-order valence-corrected chi connectivity index (χ0v) is 19.5. The van der Waals surface area contributed by atoms with Crippen LogP contribution >= 0.6 is 27.5 Å². The number of nitrogens with one attached hydrogen (secondary N) is 1. The van der Waals surface area contributed by atoms with Gasteiger partial charge in [-0.3, -0.25) is 9.59 Å². The molecule has 180 valence electrons. The SMILES string of the molecule is Cc1ccc(NC(=O)c2cccc(C(F)(F)F)c2)cc1Br.O=C(Cl)c1cccc(C(F)(F)F)c1. The van der Waals surface area contributed by atoms with Crippen molar-refractivity contribution in [2.24, 2.45) is 0 Å². The third kappa shape index (κ3) is 7.88. The van der Waals surface area contributed by atoms with Crippen molar-refractivity contribution < 1.29 is 35.9 Å². The van der Waals surface area contributed by atoms with Crippen LogP contribution in [-0.4, -0.2) is 11.1 Å². The van der Waals surface area contributed by atoms with Gasteiger partial charge in [0.1, 0.15) is 0 Å². The average Bonchev–Trinajstić information content (AvgIpc) is 2.76. The fraction of sp³-hybridized carbons (Fsp3) is 0.130. The van der Waals surface area contributed by atoms with Crippen LogP contribution in [0.2, 0.25) is 0 Å². The van der Waals surface area contributed by atoms with Crippen LogP contribution in [0.5, 0.6) is 0 Å². The summed E-state index contributed by atoms with van der Waals surface area (Å²) in [7, 11) is 0. The minimum Gasteiger partial charge on any atom is -0.322 e. The van der Waals surface area contributed by atoms with E-state index in [0.717, 1.165) is 40.4 Å². The maximum atomic E-state index is 12.6. The molecule has 11 heteroatoms. The highest BCUT2D eigenvalue weighted by Crippen LogP contribution is 2.30. The van der Waals surface area contributed by atoms with Crippen molar-refractivity contribution in [2.75, 3.05) is 5.32 Å². The Morgan fingerprint density at radius 2 is 1.29 bits per heavy atom. The molecule has 0 aliphatic heterocycles. The average molecular weight is 567 g/mol. The molecule has 1 N–H and O–H groups in total. The normalized spacial score (nSPS) is 11.3. The quantitative estimate of drug-likeness (QED) is 0.257. The standard InChI is InChI=1S/C15H11BrF3NO.C8H4ClF3O/c1-9-5-6-12(8-13(9)16)20-14(21)10-3-2-4-11(7-10)15(17,18)19;9-7(13)5-2-1-3-6(4-5)8(10,11)12/h2-8H,1H3,(H,20,21);1-4H. The first-order valence-electron chi connectivity index (χ1n) is 9.30. The largest absolute Gasteiger partial charge is 0.416 e. The van der Waals surface area contributed by atoms with Crippen molar-refractivity contribution in [3.63, 3.8) is 0 Å². The second-order valence-corrected chi connectivity index (χ2v) is 8.05. The lowest BCUT2D eigenvalue weighted by Gasteiger charge is -2.10. The number of hydrogen-bond donors (Lipinski definition) is 1. The number of carbonyl (C=O) groups excluding carboxylic acids is 2. The number of aryl methyl sites for hydroxylation is 1. The lowest BCUT2D eigenvalue weighted by Crippen LogP contribution is -2.14. The van der Waals surface area contributed by atoms with Gasteiger partial charge in [0.15, 0.2) is 0 Å². The third-order valence-electron chi connectivity index (χ3n) is 4.30. The van der Waals surface area contributed by atoms with E-state index in [1.54, 1.807) is 18.2 Å². The number of alkyl halides is 6. The Morgan fingerprint density at radius 1 is 0.794 bits per heavy atom. The molecule has 0 spiro atoms. The minimum absolute atomic E-state index is 0.0403. The molecule has 0 heterocycles. The monoisotopic (exact) mass is 565 g/mol. The Balaban J connectivity index is 0.000000270. The number of anilines is 1. The van der Waals surface area contributed by atoms with Crippen molar-refractivity contribution in [1.29, 1.82) is 0 Å². The molecule has 0 saturated carbocycles. The van der Waals surface area contributed by atoms with E-state index in [0.29, 0.717) is 5.69 Å². The summed E-state index contributed by atoms with van der Waals surface area (Å²) in [6, 6.07) is 13.5. The highest BCUT2D eigenvalue weighted by atomic mass is 79.9. The molecular formula is C23H15BrClF6NO2. The van der Waals surface area contributed by atoms with Crippen LogP contribution < -0.4 is 5.32 Å². The summed E-state index contributed by atoms with van der Waals surface area (Å²) < 4.78 is 74.9. The molecule has 3 rings (SSSR count). The maximum Gasteiger partial charge on any atom is 0.416 e. The third-order valence-corrected chi connectivity index (χ3v) is 5.37. The van der Waals surface area contributed by atoms with Crippen LogP contribution in [0.25, 0.3) is 0 Å². The first-order chi connectivity index (χ1) is 15.7. The second-order valence-electron chi connectivity index (χ2n) is 6.85. The lowest BCUT2D eigenvalue weighted by molar-refractivity contribution is -0.138. The molecular weight excluding hydrogens is 552 g/mol. The molecule has 0 bridgehead atoms. The molecule has 0 aliphatic rings. The van der Waals surface area contributed by atoms with Gasteiger partial charge in [-0.1, -0.05) is 40.2 Å². The molecule has 0 saturated heterocycles. The summed E-state index contributed by atoms with van der Waals surface area (Å²) in [5.74, 6) is -0.586. The molecule has 3 nitrogen and oxygen atoms in total. The number of hydrogen-bond acceptors (Lipinski definition) is 2. The summed E-state index contributed by atoms with van der Waals surface area (Å²) in [5.41, 5.74) is -0.417. The molecule has 0 fully saturated rings. The van der Waals surface area contributed by atoms with Crippen molar-refractivity contribution in [3.8, 4) is 0 Å². The molecule has 0 atom stereocenters. The van der Waals surface area contributed by atoms with E-state index >= 15 is 0 Å². The van der Waals surface area contributed by atoms with E-state index in [4.69, 9.17) is 11.6 Å². The van der Waals surface area contributed by atoms with Crippen molar-refractivity contribution in [3.05, 3.63) is 99.0 Å². The van der Waals surface area contributed by atoms with E-state index in [1.165, 1.54) is 18.2 Å². The fourth-order valence-corrected chi connectivity index (χ4v) is 3.02. The number of halogens is 8. The van der Waals surface area contributed by atoms with Crippen molar-refractivity contribution >= 4 is 44.4 Å². The highest BCUT2D eigenvalue weighted by Gasteiger charge is 2.31. The van der Waals surface area contributed by atoms with Crippen molar-refractivity contribution in [1.82, 2.24) is 0 Å². The van der Waals surface area contributed by atoms with Gasteiger partial charge >= 0.3 is 12.4 Å². The molecule has 0 unspecified atom stereocenters. The van der Waals surface area contributed by atoms with Gasteiger partial charge in [-0.15, -0.1) is 0 Å². The lowest BCUT2D eigenvalue weighted by atomic mass is 10.1. The van der Waals surface area contributed by atoms with E-state index < -0.39 is 34.6 Å². The summed E-state index contributed by atoms with van der Waals surface area (Å²) in [5, 5.41) is 1.67. The topological polar surface area (TPSA) is 46.2 Å². The summed E-state index contributed by atoms with van der Waals surface area (Å²) in [6.07, 6.45) is -8.91. The Labute approximate surface area is 203 Å². The van der Waals surface area contributed by atoms with E-state index in [9.17, 15) is 35.9 Å². The summed E-state index contributed by atoms with van der Waals surface area (Å²) in [6.45, 7) is 1.89. The zero-order valence-electron chi connectivity index (χ0n) is 17.2. The van der Waals surface area contributed by atoms with Gasteiger partial charge in [-0.25, -0.2) is 0 Å². The van der Waals surface area contributed by atoms with Crippen molar-refractivity contribution in [2.45, 2.75) is 19.3 Å². The predicted octanol–water partition coefficient (Wildman–Crippen LogP) is 8.11. The Morgan fingerprint density at radius 3 is 1.76 bits per heavy atom. The van der Waals surface area contributed by atoms with Crippen LogP contribution in [0.4, 0.5) is 32.0 Å². The number of rotatable bonds is 3. The smallest absolute Gasteiger partial charge is 0.322 e. The van der Waals surface area contributed by atoms with E-state index in [1.807, 2.05) is 6.92 Å². The molecule has 0 radical (unpaired) electrons.